The number of fused-ring (bicyclic) bond motifs is 1. The highest BCUT2D eigenvalue weighted by Gasteiger charge is 2.20. The molecule has 0 amide bonds. The van der Waals surface area contributed by atoms with Crippen LogP contribution in [0, 0.1) is 6.92 Å². The van der Waals surface area contributed by atoms with E-state index < -0.39 is 6.29 Å². The Balaban J connectivity index is 2.50. The van der Waals surface area contributed by atoms with Gasteiger partial charge in [0.1, 0.15) is 11.5 Å². The van der Waals surface area contributed by atoms with Gasteiger partial charge in [-0.2, -0.15) is 0 Å². The van der Waals surface area contributed by atoms with Gasteiger partial charge in [-0.05, 0) is 44.6 Å². The molecule has 0 radical (unpaired) electrons. The largest absolute Gasteiger partial charge is 0.493 e. The summed E-state index contributed by atoms with van der Waals surface area (Å²) in [7, 11) is 0. The molecule has 3 nitrogen and oxygen atoms in total. The van der Waals surface area contributed by atoms with Crippen LogP contribution in [0.4, 0.5) is 0 Å². The van der Waals surface area contributed by atoms with E-state index in [9.17, 15) is 5.11 Å². The predicted octanol–water partition coefficient (Wildman–Crippen LogP) is 2.51. The topological polar surface area (TPSA) is 38.7 Å². The van der Waals surface area contributed by atoms with E-state index in [0.29, 0.717) is 6.61 Å². The lowest BCUT2D eigenvalue weighted by Crippen LogP contribution is -2.18. The summed E-state index contributed by atoms with van der Waals surface area (Å²) in [5, 5.41) is 9.53. The van der Waals surface area contributed by atoms with Crippen LogP contribution in [0.5, 0.6) is 11.5 Å². The fourth-order valence-electron chi connectivity index (χ4n) is 1.91. The maximum absolute atomic E-state index is 9.53. The van der Waals surface area contributed by atoms with Crippen LogP contribution in [0.15, 0.2) is 18.2 Å². The molecule has 1 aromatic carbocycles. The number of allylic oxidation sites excluding steroid dienone is 1. The second-order valence-electron chi connectivity index (χ2n) is 3.86. The Morgan fingerprint density at radius 2 is 2.12 bits per heavy atom. The molecule has 0 bridgehead atoms. The lowest BCUT2D eigenvalue weighted by atomic mass is 10.00. The van der Waals surface area contributed by atoms with Crippen molar-refractivity contribution in [2.24, 2.45) is 0 Å². The standard InChI is InChI=1S/C13H16O3/c1-4-15-11-6-5-10-8(2)7-12(14)16-13(10)9(11)3/h5-7,12,14H,4H2,1-3H3. The molecule has 0 fully saturated rings. The minimum Gasteiger partial charge on any atom is -0.493 e. The van der Waals surface area contributed by atoms with Crippen molar-refractivity contribution in [2.75, 3.05) is 6.61 Å². The first-order chi connectivity index (χ1) is 7.63. The van der Waals surface area contributed by atoms with Gasteiger partial charge in [0, 0.05) is 11.1 Å². The maximum Gasteiger partial charge on any atom is 0.217 e. The number of ether oxygens (including phenoxy) is 2. The fraction of sp³-hybridized carbons (Fsp3) is 0.385. The van der Waals surface area contributed by atoms with Gasteiger partial charge in [0.05, 0.1) is 6.61 Å². The molecule has 0 spiro atoms. The Bertz CT molecular complexity index is 435. The minimum atomic E-state index is -0.858. The third kappa shape index (κ3) is 1.78. The third-order valence-corrected chi connectivity index (χ3v) is 2.71. The highest BCUT2D eigenvalue weighted by atomic mass is 16.6. The summed E-state index contributed by atoms with van der Waals surface area (Å²) in [5.74, 6) is 1.53. The Morgan fingerprint density at radius 3 is 2.81 bits per heavy atom. The van der Waals surface area contributed by atoms with Crippen molar-refractivity contribution in [2.45, 2.75) is 27.1 Å². The number of aliphatic hydroxyl groups is 1. The molecule has 0 saturated heterocycles. The molecule has 2 rings (SSSR count). The zero-order chi connectivity index (χ0) is 11.7. The third-order valence-electron chi connectivity index (χ3n) is 2.71. The Morgan fingerprint density at radius 1 is 1.38 bits per heavy atom. The quantitative estimate of drug-likeness (QED) is 0.832. The number of benzene rings is 1. The highest BCUT2D eigenvalue weighted by Crippen LogP contribution is 2.38. The monoisotopic (exact) mass is 220 g/mol. The van der Waals surface area contributed by atoms with Crippen molar-refractivity contribution in [1.29, 1.82) is 0 Å². The molecule has 0 aromatic heterocycles. The zero-order valence-electron chi connectivity index (χ0n) is 9.78. The number of aliphatic hydroxyl groups excluding tert-OH is 1. The van der Waals surface area contributed by atoms with E-state index in [-0.39, 0.29) is 0 Å². The van der Waals surface area contributed by atoms with Crippen LogP contribution < -0.4 is 9.47 Å². The molecule has 1 N–H and O–H groups in total. The maximum atomic E-state index is 9.53. The van der Waals surface area contributed by atoms with Crippen LogP contribution in [0.3, 0.4) is 0 Å². The molecule has 1 aliphatic heterocycles. The van der Waals surface area contributed by atoms with Gasteiger partial charge in [0.15, 0.2) is 0 Å². The van der Waals surface area contributed by atoms with Gasteiger partial charge in [0.2, 0.25) is 6.29 Å². The van der Waals surface area contributed by atoms with Gasteiger partial charge in [0.25, 0.3) is 0 Å². The first-order valence-electron chi connectivity index (χ1n) is 5.43. The van der Waals surface area contributed by atoms with Gasteiger partial charge in [-0.1, -0.05) is 0 Å². The highest BCUT2D eigenvalue weighted by molar-refractivity contribution is 5.73. The average molecular weight is 220 g/mol. The smallest absolute Gasteiger partial charge is 0.217 e. The van der Waals surface area contributed by atoms with E-state index in [1.54, 1.807) is 6.08 Å². The normalized spacial score (nSPS) is 18.5. The molecule has 1 aliphatic rings. The Labute approximate surface area is 95.3 Å². The summed E-state index contributed by atoms with van der Waals surface area (Å²) in [6, 6.07) is 3.90. The Kier molecular flexibility index (Phi) is 2.88. The molecule has 86 valence electrons. The van der Waals surface area contributed by atoms with E-state index in [0.717, 1.165) is 28.2 Å². The molecule has 1 atom stereocenters. The average Bonchev–Trinajstić information content (AvgIpc) is 2.23. The van der Waals surface area contributed by atoms with Gasteiger partial charge in [-0.3, -0.25) is 0 Å². The summed E-state index contributed by atoms with van der Waals surface area (Å²) in [5.41, 5.74) is 2.98. The van der Waals surface area contributed by atoms with Gasteiger partial charge >= 0.3 is 0 Å². The number of rotatable bonds is 2. The molecule has 16 heavy (non-hydrogen) atoms. The molecule has 1 unspecified atom stereocenters. The van der Waals surface area contributed by atoms with Gasteiger partial charge < -0.3 is 14.6 Å². The first-order valence-corrected chi connectivity index (χ1v) is 5.43. The van der Waals surface area contributed by atoms with Crippen molar-refractivity contribution in [3.63, 3.8) is 0 Å². The van der Waals surface area contributed by atoms with E-state index in [4.69, 9.17) is 9.47 Å². The van der Waals surface area contributed by atoms with Crippen LogP contribution in [0.2, 0.25) is 0 Å². The van der Waals surface area contributed by atoms with E-state index in [2.05, 4.69) is 0 Å². The van der Waals surface area contributed by atoms with Crippen molar-refractivity contribution in [3.8, 4) is 11.5 Å². The molecular weight excluding hydrogens is 204 g/mol. The van der Waals surface area contributed by atoms with Crippen molar-refractivity contribution >= 4 is 5.57 Å². The summed E-state index contributed by atoms with van der Waals surface area (Å²) in [4.78, 5) is 0. The summed E-state index contributed by atoms with van der Waals surface area (Å²) < 4.78 is 10.9. The summed E-state index contributed by atoms with van der Waals surface area (Å²) >= 11 is 0. The SMILES string of the molecule is CCOc1ccc2c(c1C)OC(O)C=C2C. The van der Waals surface area contributed by atoms with Crippen LogP contribution in [-0.2, 0) is 0 Å². The minimum absolute atomic E-state index is 0.622. The van der Waals surface area contributed by atoms with Gasteiger partial charge in [-0.15, -0.1) is 0 Å². The summed E-state index contributed by atoms with van der Waals surface area (Å²) in [6.07, 6.45) is 0.838. The van der Waals surface area contributed by atoms with Crippen molar-refractivity contribution in [1.82, 2.24) is 0 Å². The van der Waals surface area contributed by atoms with Crippen molar-refractivity contribution < 1.29 is 14.6 Å². The van der Waals surface area contributed by atoms with Crippen LogP contribution >= 0.6 is 0 Å². The van der Waals surface area contributed by atoms with Crippen LogP contribution in [0.1, 0.15) is 25.0 Å². The van der Waals surface area contributed by atoms with Crippen molar-refractivity contribution in [3.05, 3.63) is 29.3 Å². The molecule has 0 saturated carbocycles. The van der Waals surface area contributed by atoms with Gasteiger partial charge in [-0.25, -0.2) is 0 Å². The Hall–Kier alpha value is -1.48. The molecular formula is C13H16O3. The van der Waals surface area contributed by atoms with E-state index in [1.165, 1.54) is 0 Å². The second kappa shape index (κ2) is 4.18. The van der Waals surface area contributed by atoms with Crippen LogP contribution in [-0.4, -0.2) is 18.0 Å². The lowest BCUT2D eigenvalue weighted by molar-refractivity contribution is 0.0217. The van der Waals surface area contributed by atoms with E-state index >= 15 is 0 Å². The summed E-state index contributed by atoms with van der Waals surface area (Å²) in [6.45, 7) is 6.47. The molecule has 1 aromatic rings. The number of hydrogen-bond acceptors (Lipinski definition) is 3. The zero-order valence-corrected chi connectivity index (χ0v) is 9.78. The first kappa shape index (κ1) is 11.0. The lowest BCUT2D eigenvalue weighted by Gasteiger charge is -2.23. The second-order valence-corrected chi connectivity index (χ2v) is 3.86. The molecule has 0 aliphatic carbocycles. The predicted molar refractivity (Wildman–Crippen MR) is 62.6 cm³/mol. The van der Waals surface area contributed by atoms with E-state index in [1.807, 2.05) is 32.9 Å². The van der Waals surface area contributed by atoms with Crippen LogP contribution in [0.25, 0.3) is 5.57 Å². The molecule has 1 heterocycles. The fourth-order valence-corrected chi connectivity index (χ4v) is 1.91. The molecule has 3 heteroatoms. The number of hydrogen-bond donors (Lipinski definition) is 1.